The van der Waals surface area contributed by atoms with Crippen LogP contribution in [0.4, 0.5) is 0 Å². The Kier molecular flexibility index (Phi) is 10.2. The molecular weight excluding hydrogens is 200 g/mol. The number of guanidine groups is 1. The fourth-order valence-electron chi connectivity index (χ4n) is 1.76. The predicted octanol–water partition coefficient (Wildman–Crippen LogP) is 2.46. The maximum absolute atomic E-state index is 7.29. The van der Waals surface area contributed by atoms with E-state index in [-0.39, 0.29) is 5.96 Å². The molecule has 0 heterocycles. The molecular formula is C12H28N4. The molecule has 0 atom stereocenters. The molecule has 0 rings (SSSR count). The highest BCUT2D eigenvalue weighted by molar-refractivity contribution is 5.73. The van der Waals surface area contributed by atoms with Crippen LogP contribution >= 0.6 is 0 Å². The zero-order valence-corrected chi connectivity index (χ0v) is 10.9. The van der Waals surface area contributed by atoms with Crippen LogP contribution in [0.1, 0.15) is 58.3 Å². The molecule has 0 aromatic rings. The van der Waals surface area contributed by atoms with Gasteiger partial charge in [-0.3, -0.25) is 10.4 Å². The molecule has 0 saturated carbocycles. The van der Waals surface area contributed by atoms with E-state index in [1.807, 2.05) is 0 Å². The fourth-order valence-corrected chi connectivity index (χ4v) is 1.76. The summed E-state index contributed by atoms with van der Waals surface area (Å²) in [5, 5.41) is 8.96. The zero-order chi connectivity index (χ0) is 12.2. The van der Waals surface area contributed by atoms with Gasteiger partial charge in [-0.05, 0) is 6.42 Å². The molecule has 4 heteroatoms. The molecule has 0 aromatic heterocycles. The van der Waals surface area contributed by atoms with Crippen LogP contribution in [0.15, 0.2) is 0 Å². The van der Waals surface area contributed by atoms with Crippen molar-refractivity contribution < 1.29 is 0 Å². The van der Waals surface area contributed by atoms with Gasteiger partial charge in [0.2, 0.25) is 5.96 Å². The van der Waals surface area contributed by atoms with Crippen molar-refractivity contribution in [3.05, 3.63) is 0 Å². The Labute approximate surface area is 100 Å². The number of nitrogens with zero attached hydrogens (tertiary/aromatic N) is 1. The first kappa shape index (κ1) is 15.2. The monoisotopic (exact) mass is 228 g/mol. The van der Waals surface area contributed by atoms with Gasteiger partial charge in [-0.1, -0.05) is 51.9 Å². The summed E-state index contributed by atoms with van der Waals surface area (Å²) < 4.78 is 0. The van der Waals surface area contributed by atoms with Gasteiger partial charge < -0.3 is 5.73 Å². The SMILES string of the molecule is CCCCCCCCCCN(NC)C(=N)N. The molecule has 0 bridgehead atoms. The number of nitrogens with one attached hydrogen (secondary N) is 2. The van der Waals surface area contributed by atoms with Crippen LogP contribution in [0.2, 0.25) is 0 Å². The third-order valence-corrected chi connectivity index (χ3v) is 2.80. The lowest BCUT2D eigenvalue weighted by molar-refractivity contribution is 0.322. The van der Waals surface area contributed by atoms with Crippen molar-refractivity contribution in [1.29, 1.82) is 5.41 Å². The van der Waals surface area contributed by atoms with Gasteiger partial charge in [0, 0.05) is 13.6 Å². The van der Waals surface area contributed by atoms with Gasteiger partial charge in [0.25, 0.3) is 0 Å². The Morgan fingerprint density at radius 2 is 1.56 bits per heavy atom. The summed E-state index contributed by atoms with van der Waals surface area (Å²) >= 11 is 0. The van der Waals surface area contributed by atoms with Gasteiger partial charge in [0.1, 0.15) is 0 Å². The van der Waals surface area contributed by atoms with E-state index in [4.69, 9.17) is 11.1 Å². The molecule has 0 aliphatic rings. The average Bonchev–Trinajstić information content (AvgIpc) is 2.26. The molecule has 4 N–H and O–H groups in total. The van der Waals surface area contributed by atoms with Crippen LogP contribution in [0, 0.1) is 5.41 Å². The first-order valence-electron chi connectivity index (χ1n) is 6.51. The van der Waals surface area contributed by atoms with Crippen LogP contribution in [-0.4, -0.2) is 24.6 Å². The normalized spacial score (nSPS) is 10.4. The zero-order valence-electron chi connectivity index (χ0n) is 10.9. The van der Waals surface area contributed by atoms with Crippen LogP contribution in [0.3, 0.4) is 0 Å². The van der Waals surface area contributed by atoms with Crippen molar-refractivity contribution in [3.63, 3.8) is 0 Å². The Bertz CT molecular complexity index is 170. The van der Waals surface area contributed by atoms with Crippen LogP contribution in [0.5, 0.6) is 0 Å². The lowest BCUT2D eigenvalue weighted by Gasteiger charge is -2.20. The fraction of sp³-hybridized carbons (Fsp3) is 0.917. The molecule has 0 radical (unpaired) electrons. The van der Waals surface area contributed by atoms with E-state index in [1.165, 1.54) is 44.9 Å². The summed E-state index contributed by atoms with van der Waals surface area (Å²) in [4.78, 5) is 0. The number of hydrazine groups is 1. The lowest BCUT2D eigenvalue weighted by atomic mass is 10.1. The van der Waals surface area contributed by atoms with E-state index in [0.29, 0.717) is 0 Å². The van der Waals surface area contributed by atoms with Gasteiger partial charge in [-0.2, -0.15) is 0 Å². The maximum Gasteiger partial charge on any atom is 0.203 e. The van der Waals surface area contributed by atoms with Gasteiger partial charge in [0.05, 0.1) is 0 Å². The quantitative estimate of drug-likeness (QED) is 0.233. The summed E-state index contributed by atoms with van der Waals surface area (Å²) in [6, 6.07) is 0. The van der Waals surface area contributed by atoms with Gasteiger partial charge >= 0.3 is 0 Å². The molecule has 96 valence electrons. The van der Waals surface area contributed by atoms with E-state index < -0.39 is 0 Å². The highest BCUT2D eigenvalue weighted by Crippen LogP contribution is 2.08. The Morgan fingerprint density at radius 3 is 2.00 bits per heavy atom. The van der Waals surface area contributed by atoms with Crippen molar-refractivity contribution in [2.24, 2.45) is 5.73 Å². The Morgan fingerprint density at radius 1 is 1.06 bits per heavy atom. The first-order chi connectivity index (χ1) is 7.72. The van der Waals surface area contributed by atoms with Crippen molar-refractivity contribution >= 4 is 5.96 Å². The third-order valence-electron chi connectivity index (χ3n) is 2.80. The lowest BCUT2D eigenvalue weighted by Crippen LogP contribution is -2.45. The first-order valence-corrected chi connectivity index (χ1v) is 6.51. The van der Waals surface area contributed by atoms with Crippen molar-refractivity contribution in [2.45, 2.75) is 58.3 Å². The second-order valence-electron chi connectivity index (χ2n) is 4.24. The highest BCUT2D eigenvalue weighted by atomic mass is 15.5. The molecule has 0 saturated heterocycles. The van der Waals surface area contributed by atoms with Crippen molar-refractivity contribution in [3.8, 4) is 0 Å². The maximum atomic E-state index is 7.29. The minimum Gasteiger partial charge on any atom is -0.369 e. The van der Waals surface area contributed by atoms with E-state index in [2.05, 4.69) is 12.3 Å². The van der Waals surface area contributed by atoms with E-state index in [0.717, 1.165) is 13.0 Å². The molecule has 0 fully saturated rings. The Hall–Kier alpha value is -0.770. The van der Waals surface area contributed by atoms with Crippen molar-refractivity contribution in [2.75, 3.05) is 13.6 Å². The average molecular weight is 228 g/mol. The summed E-state index contributed by atoms with van der Waals surface area (Å²) in [5.41, 5.74) is 8.29. The second-order valence-corrected chi connectivity index (χ2v) is 4.24. The molecule has 16 heavy (non-hydrogen) atoms. The van der Waals surface area contributed by atoms with Crippen LogP contribution in [-0.2, 0) is 0 Å². The number of rotatable bonds is 10. The Balaban J connectivity index is 3.22. The summed E-state index contributed by atoms with van der Waals surface area (Å²) in [6.45, 7) is 3.08. The molecule has 4 nitrogen and oxygen atoms in total. The summed E-state index contributed by atoms with van der Waals surface area (Å²) in [5.74, 6) is 0.102. The third kappa shape index (κ3) is 8.53. The molecule has 0 aromatic carbocycles. The van der Waals surface area contributed by atoms with Gasteiger partial charge in [-0.25, -0.2) is 5.43 Å². The molecule has 0 aliphatic heterocycles. The van der Waals surface area contributed by atoms with E-state index in [9.17, 15) is 0 Å². The molecule has 0 amide bonds. The largest absolute Gasteiger partial charge is 0.369 e. The number of hydrogen-bond donors (Lipinski definition) is 3. The van der Waals surface area contributed by atoms with E-state index in [1.54, 1.807) is 12.1 Å². The summed E-state index contributed by atoms with van der Waals surface area (Å²) in [7, 11) is 1.80. The number of hydrogen-bond acceptors (Lipinski definition) is 2. The molecule has 0 spiro atoms. The highest BCUT2D eigenvalue weighted by Gasteiger charge is 2.01. The van der Waals surface area contributed by atoms with E-state index >= 15 is 0 Å². The molecule has 0 aliphatic carbocycles. The minimum absolute atomic E-state index is 0.102. The van der Waals surface area contributed by atoms with Crippen LogP contribution in [0.25, 0.3) is 0 Å². The standard InChI is InChI=1S/C12H28N4/c1-3-4-5-6-7-8-9-10-11-16(15-2)12(13)14/h15H,3-11H2,1-2H3,(H3,13,14). The number of unbranched alkanes of at least 4 members (excludes halogenated alkanes) is 7. The smallest absolute Gasteiger partial charge is 0.203 e. The minimum atomic E-state index is 0.102. The predicted molar refractivity (Wildman–Crippen MR) is 70.3 cm³/mol. The van der Waals surface area contributed by atoms with Crippen molar-refractivity contribution in [1.82, 2.24) is 10.4 Å². The molecule has 0 unspecified atom stereocenters. The number of nitrogens with two attached hydrogens (primary N) is 1. The van der Waals surface area contributed by atoms with Gasteiger partial charge in [-0.15, -0.1) is 0 Å². The van der Waals surface area contributed by atoms with Gasteiger partial charge in [0.15, 0.2) is 0 Å². The topological polar surface area (TPSA) is 65.1 Å². The second kappa shape index (κ2) is 10.7. The van der Waals surface area contributed by atoms with Crippen LogP contribution < -0.4 is 11.2 Å². The summed E-state index contributed by atoms with van der Waals surface area (Å²) in [6.07, 6.45) is 10.4.